The van der Waals surface area contributed by atoms with Crippen molar-refractivity contribution in [2.75, 3.05) is 0 Å². The third-order valence-electron chi connectivity index (χ3n) is 12.3. The van der Waals surface area contributed by atoms with E-state index in [2.05, 4.69) is 47.6 Å². The predicted octanol–water partition coefficient (Wildman–Crippen LogP) is 10.7. The molecule has 0 aromatic rings. The van der Waals surface area contributed by atoms with Crippen LogP contribution in [0.5, 0.6) is 0 Å². The van der Waals surface area contributed by atoms with Gasteiger partial charge in [0.25, 0.3) is 0 Å². The van der Waals surface area contributed by atoms with Gasteiger partial charge in [0, 0.05) is 12.8 Å². The Morgan fingerprint density at radius 2 is 1.68 bits per heavy atom. The van der Waals surface area contributed by atoms with Gasteiger partial charge >= 0.3 is 5.97 Å². The Kier molecular flexibility index (Phi) is 10.5. The molecule has 3 saturated carbocycles. The van der Waals surface area contributed by atoms with E-state index in [1.807, 2.05) is 0 Å². The highest BCUT2D eigenvalue weighted by molar-refractivity contribution is 5.69. The minimum Gasteiger partial charge on any atom is -0.462 e. The number of carbonyl (C=O) groups excluding carboxylic acids is 1. The second-order valence-electron chi connectivity index (χ2n) is 15.2. The van der Waals surface area contributed by atoms with Crippen LogP contribution in [0.15, 0.2) is 11.6 Å². The van der Waals surface area contributed by atoms with Gasteiger partial charge in [-0.3, -0.25) is 4.79 Å². The zero-order valence-corrected chi connectivity index (χ0v) is 26.2. The highest BCUT2D eigenvalue weighted by atomic mass is 16.5. The molecule has 0 N–H and O–H groups in total. The van der Waals surface area contributed by atoms with E-state index >= 15 is 0 Å². The first-order valence-corrected chi connectivity index (χ1v) is 17.1. The average Bonchev–Trinajstić information content (AvgIpc) is 3.23. The van der Waals surface area contributed by atoms with E-state index in [-0.39, 0.29) is 12.1 Å². The van der Waals surface area contributed by atoms with E-state index < -0.39 is 0 Å². The summed E-state index contributed by atoms with van der Waals surface area (Å²) in [6, 6.07) is 0. The lowest BCUT2D eigenvalue weighted by molar-refractivity contribution is -0.151. The fraction of sp³-hybridized carbons (Fsp3) is 0.917. The fourth-order valence-electron chi connectivity index (χ4n) is 10.0. The Balaban J connectivity index is 1.31. The molecule has 3 fully saturated rings. The predicted molar refractivity (Wildman–Crippen MR) is 161 cm³/mol. The number of allylic oxidation sites excluding steroid dienone is 1. The second kappa shape index (κ2) is 13.2. The molecule has 0 saturated heterocycles. The van der Waals surface area contributed by atoms with Gasteiger partial charge in [-0.15, -0.1) is 0 Å². The van der Waals surface area contributed by atoms with Crippen LogP contribution in [0.25, 0.3) is 0 Å². The molecule has 0 amide bonds. The number of carbonyl (C=O) groups is 1. The van der Waals surface area contributed by atoms with Crippen molar-refractivity contribution in [2.24, 2.45) is 46.3 Å². The van der Waals surface area contributed by atoms with Crippen LogP contribution in [0, 0.1) is 46.3 Å². The van der Waals surface area contributed by atoms with Crippen LogP contribution in [-0.2, 0) is 9.53 Å². The van der Waals surface area contributed by atoms with Gasteiger partial charge in [0.05, 0.1) is 0 Å². The van der Waals surface area contributed by atoms with Gasteiger partial charge in [-0.1, -0.05) is 105 Å². The minimum absolute atomic E-state index is 0.0522. The number of unbranched alkanes of at least 4 members (excludes halogenated alkanes) is 5. The molecule has 2 nitrogen and oxygen atoms in total. The van der Waals surface area contributed by atoms with E-state index in [0.717, 1.165) is 54.8 Å². The lowest BCUT2D eigenvalue weighted by Crippen LogP contribution is -2.51. The Bertz CT molecular complexity index is 797. The standard InChI is InChI=1S/C36H62O2/c1-7-8-9-10-11-12-16-34(37)38-29-21-23-35(5)28(25-29)17-18-30-32-20-19-31(27(4)15-13-14-26(2)3)36(32,6)24-22-33(30)35/h17,26-27,29-33H,7-16,18-25H2,1-6H3/t27-,29-,30-,31-,32-,33-,35-,36+/m0/s1. The Morgan fingerprint density at radius 1 is 0.921 bits per heavy atom. The minimum atomic E-state index is 0.0522. The van der Waals surface area contributed by atoms with Crippen LogP contribution in [0.3, 0.4) is 0 Å². The molecule has 4 rings (SSSR count). The number of esters is 1. The molecule has 0 spiro atoms. The van der Waals surface area contributed by atoms with Crippen LogP contribution in [0.1, 0.15) is 157 Å². The van der Waals surface area contributed by atoms with E-state index in [4.69, 9.17) is 4.74 Å². The van der Waals surface area contributed by atoms with Crippen molar-refractivity contribution in [1.82, 2.24) is 0 Å². The first kappa shape index (κ1) is 30.2. The van der Waals surface area contributed by atoms with Gasteiger partial charge in [-0.05, 0) is 97.7 Å². The summed E-state index contributed by atoms with van der Waals surface area (Å²) < 4.78 is 6.04. The second-order valence-corrected chi connectivity index (χ2v) is 15.2. The summed E-state index contributed by atoms with van der Waals surface area (Å²) in [5.41, 5.74) is 2.54. The Labute approximate surface area is 236 Å². The zero-order chi connectivity index (χ0) is 27.3. The fourth-order valence-corrected chi connectivity index (χ4v) is 10.0. The van der Waals surface area contributed by atoms with Crippen molar-refractivity contribution in [3.63, 3.8) is 0 Å². The number of rotatable bonds is 13. The van der Waals surface area contributed by atoms with Crippen LogP contribution >= 0.6 is 0 Å². The molecule has 4 aliphatic rings. The quantitative estimate of drug-likeness (QED) is 0.135. The van der Waals surface area contributed by atoms with Crippen molar-refractivity contribution in [1.29, 1.82) is 0 Å². The largest absolute Gasteiger partial charge is 0.462 e. The number of hydrogen-bond acceptors (Lipinski definition) is 2. The van der Waals surface area contributed by atoms with Gasteiger partial charge in [0.15, 0.2) is 0 Å². The monoisotopic (exact) mass is 526 g/mol. The Morgan fingerprint density at radius 3 is 2.45 bits per heavy atom. The average molecular weight is 527 g/mol. The summed E-state index contributed by atoms with van der Waals surface area (Å²) in [6.07, 6.45) is 25.3. The summed E-state index contributed by atoms with van der Waals surface area (Å²) in [6.45, 7) is 14.9. The lowest BCUT2D eigenvalue weighted by Gasteiger charge is -2.58. The highest BCUT2D eigenvalue weighted by Gasteiger charge is 2.59. The summed E-state index contributed by atoms with van der Waals surface area (Å²) in [4.78, 5) is 12.6. The smallest absolute Gasteiger partial charge is 0.306 e. The SMILES string of the molecule is CCCCCCCCC(=O)O[C@H]1CC[C@@]2(C)C(=CC[C@H]3[C@@H]4CC[C@@H]([C@@H](C)CCCC(C)C)[C@@]4(C)CC[C@@H]32)C1. The summed E-state index contributed by atoms with van der Waals surface area (Å²) in [7, 11) is 0. The maximum absolute atomic E-state index is 12.6. The van der Waals surface area contributed by atoms with E-state index in [1.165, 1.54) is 89.9 Å². The van der Waals surface area contributed by atoms with Gasteiger partial charge < -0.3 is 4.74 Å². The van der Waals surface area contributed by atoms with Crippen molar-refractivity contribution in [3.8, 4) is 0 Å². The zero-order valence-electron chi connectivity index (χ0n) is 26.2. The van der Waals surface area contributed by atoms with Gasteiger partial charge in [-0.25, -0.2) is 0 Å². The van der Waals surface area contributed by atoms with Crippen molar-refractivity contribution in [2.45, 2.75) is 163 Å². The first-order chi connectivity index (χ1) is 18.2. The lowest BCUT2D eigenvalue weighted by atomic mass is 9.47. The topological polar surface area (TPSA) is 26.3 Å². The molecule has 4 aliphatic carbocycles. The first-order valence-electron chi connectivity index (χ1n) is 17.1. The summed E-state index contributed by atoms with van der Waals surface area (Å²) in [5, 5.41) is 0. The molecule has 0 heterocycles. The number of ether oxygens (including phenoxy) is 1. The van der Waals surface area contributed by atoms with E-state index in [1.54, 1.807) is 5.57 Å². The third kappa shape index (κ3) is 6.57. The van der Waals surface area contributed by atoms with E-state index in [0.29, 0.717) is 17.3 Å². The molecule has 0 unspecified atom stereocenters. The molecule has 38 heavy (non-hydrogen) atoms. The maximum Gasteiger partial charge on any atom is 0.306 e. The molecular formula is C36H62O2. The van der Waals surface area contributed by atoms with Crippen LogP contribution in [-0.4, -0.2) is 12.1 Å². The van der Waals surface area contributed by atoms with Gasteiger partial charge in [0.2, 0.25) is 0 Å². The molecule has 0 radical (unpaired) electrons. The molecule has 2 heteroatoms. The van der Waals surface area contributed by atoms with E-state index in [9.17, 15) is 4.79 Å². The van der Waals surface area contributed by atoms with Crippen molar-refractivity contribution in [3.05, 3.63) is 11.6 Å². The summed E-state index contributed by atoms with van der Waals surface area (Å²) in [5.74, 6) is 5.34. The molecule has 0 aromatic heterocycles. The number of hydrogen-bond donors (Lipinski definition) is 0. The Hall–Kier alpha value is -0.790. The molecule has 218 valence electrons. The summed E-state index contributed by atoms with van der Waals surface area (Å²) >= 11 is 0. The molecular weight excluding hydrogens is 464 g/mol. The van der Waals surface area contributed by atoms with Gasteiger partial charge in [0.1, 0.15) is 6.10 Å². The van der Waals surface area contributed by atoms with Crippen LogP contribution in [0.4, 0.5) is 0 Å². The van der Waals surface area contributed by atoms with Gasteiger partial charge in [-0.2, -0.15) is 0 Å². The number of fused-ring (bicyclic) bond motifs is 5. The van der Waals surface area contributed by atoms with Crippen LogP contribution < -0.4 is 0 Å². The third-order valence-corrected chi connectivity index (χ3v) is 12.3. The molecule has 0 aromatic carbocycles. The maximum atomic E-state index is 12.6. The van der Waals surface area contributed by atoms with Crippen molar-refractivity contribution >= 4 is 5.97 Å². The molecule has 8 atom stereocenters. The molecule has 0 bridgehead atoms. The highest BCUT2D eigenvalue weighted by Crippen LogP contribution is 2.67. The van der Waals surface area contributed by atoms with Crippen molar-refractivity contribution < 1.29 is 9.53 Å². The van der Waals surface area contributed by atoms with Crippen LogP contribution in [0.2, 0.25) is 0 Å². The normalized spacial score (nSPS) is 37.2. The molecule has 0 aliphatic heterocycles.